The number of esters is 1. The zero-order valence-electron chi connectivity index (χ0n) is 23.4. The quantitative estimate of drug-likeness (QED) is 0.238. The van der Waals surface area contributed by atoms with Gasteiger partial charge in [0.1, 0.15) is 29.7 Å². The third-order valence-corrected chi connectivity index (χ3v) is 5.82. The van der Waals surface area contributed by atoms with Gasteiger partial charge in [0, 0.05) is 17.9 Å². The average Bonchev–Trinajstić information content (AvgIpc) is 2.92. The predicted molar refractivity (Wildman–Crippen MR) is 153 cm³/mol. The molecule has 0 aliphatic heterocycles. The van der Waals surface area contributed by atoms with Crippen molar-refractivity contribution in [2.75, 3.05) is 7.11 Å². The number of ether oxygens (including phenoxy) is 4. The van der Waals surface area contributed by atoms with Crippen molar-refractivity contribution >= 4 is 22.6 Å². The van der Waals surface area contributed by atoms with Gasteiger partial charge < -0.3 is 24.3 Å². The minimum absolute atomic E-state index is 0.0441. The number of hydrogen-bond donors (Lipinski definition) is 1. The van der Waals surface area contributed by atoms with Crippen LogP contribution in [0.15, 0.2) is 78.9 Å². The molecule has 1 heterocycles. The van der Waals surface area contributed by atoms with E-state index in [-0.39, 0.29) is 18.9 Å². The highest BCUT2D eigenvalue weighted by molar-refractivity contribution is 6.04. The van der Waals surface area contributed by atoms with E-state index in [2.05, 4.69) is 10.3 Å². The molecule has 0 aliphatic rings. The van der Waals surface area contributed by atoms with E-state index < -0.39 is 23.5 Å². The highest BCUT2D eigenvalue weighted by atomic mass is 16.6. The first kappa shape index (κ1) is 28.6. The van der Waals surface area contributed by atoms with Crippen LogP contribution in [-0.4, -0.2) is 35.6 Å². The van der Waals surface area contributed by atoms with Crippen LogP contribution in [0, 0.1) is 0 Å². The smallest absolute Gasteiger partial charge is 0.328 e. The minimum atomic E-state index is -0.904. The number of hydrogen-bond acceptors (Lipinski definition) is 7. The fourth-order valence-corrected chi connectivity index (χ4v) is 4.01. The lowest BCUT2D eigenvalue weighted by Gasteiger charge is -2.23. The first-order chi connectivity index (χ1) is 19.1. The SMILES string of the molecule is COCc1nc(C(=O)NC(C)C(=O)OC(C)(C)C)c(OCc2ccccc2)c2ccc(Oc3ccccc3)cc12. The molecule has 208 valence electrons. The highest BCUT2D eigenvalue weighted by Crippen LogP contribution is 2.35. The van der Waals surface area contributed by atoms with Crippen molar-refractivity contribution in [1.82, 2.24) is 10.3 Å². The molecule has 0 saturated heterocycles. The number of carbonyl (C=O) groups is 2. The third kappa shape index (κ3) is 7.36. The Balaban J connectivity index is 1.75. The van der Waals surface area contributed by atoms with E-state index in [0.29, 0.717) is 28.3 Å². The van der Waals surface area contributed by atoms with E-state index >= 15 is 0 Å². The number of rotatable bonds is 10. The summed E-state index contributed by atoms with van der Waals surface area (Å²) in [6.45, 7) is 7.24. The molecule has 1 amide bonds. The summed E-state index contributed by atoms with van der Waals surface area (Å²) in [6, 6.07) is 23.7. The molecule has 0 saturated carbocycles. The van der Waals surface area contributed by atoms with Crippen LogP contribution in [0.3, 0.4) is 0 Å². The summed E-state index contributed by atoms with van der Waals surface area (Å²) in [6.07, 6.45) is 0. The summed E-state index contributed by atoms with van der Waals surface area (Å²) in [5.41, 5.74) is 0.807. The van der Waals surface area contributed by atoms with E-state index in [1.807, 2.05) is 78.9 Å². The number of benzene rings is 3. The van der Waals surface area contributed by atoms with Gasteiger partial charge in [0.15, 0.2) is 11.4 Å². The molecule has 0 radical (unpaired) electrons. The summed E-state index contributed by atoms with van der Waals surface area (Å²) in [4.78, 5) is 30.8. The van der Waals surface area contributed by atoms with Gasteiger partial charge in [-0.2, -0.15) is 0 Å². The van der Waals surface area contributed by atoms with E-state index in [9.17, 15) is 9.59 Å². The number of nitrogens with one attached hydrogen (secondary N) is 1. The van der Waals surface area contributed by atoms with Crippen molar-refractivity contribution in [3.05, 3.63) is 95.8 Å². The maximum absolute atomic E-state index is 13.5. The third-order valence-electron chi connectivity index (χ3n) is 5.82. The fraction of sp³-hybridized carbons (Fsp3) is 0.281. The Morgan fingerprint density at radius 3 is 2.20 bits per heavy atom. The number of methoxy groups -OCH3 is 1. The molecular formula is C32H34N2O6. The summed E-state index contributed by atoms with van der Waals surface area (Å²) >= 11 is 0. The fourth-order valence-electron chi connectivity index (χ4n) is 4.01. The predicted octanol–water partition coefficient (Wildman–Crippen LogP) is 6.21. The Labute approximate surface area is 234 Å². The molecule has 4 rings (SSSR count). The Hall–Kier alpha value is -4.43. The molecule has 40 heavy (non-hydrogen) atoms. The van der Waals surface area contributed by atoms with Crippen LogP contribution < -0.4 is 14.8 Å². The lowest BCUT2D eigenvalue weighted by Crippen LogP contribution is -2.42. The summed E-state index contributed by atoms with van der Waals surface area (Å²) in [5.74, 6) is 0.468. The van der Waals surface area contributed by atoms with E-state index in [1.54, 1.807) is 34.8 Å². The van der Waals surface area contributed by atoms with Crippen LogP contribution in [0.1, 0.15) is 49.4 Å². The molecule has 1 unspecified atom stereocenters. The van der Waals surface area contributed by atoms with Gasteiger partial charge in [-0.3, -0.25) is 4.79 Å². The monoisotopic (exact) mass is 542 g/mol. The lowest BCUT2D eigenvalue weighted by molar-refractivity contribution is -0.156. The van der Waals surface area contributed by atoms with Crippen molar-refractivity contribution in [2.45, 2.75) is 52.6 Å². The Kier molecular flexibility index (Phi) is 9.01. The molecule has 0 spiro atoms. The normalized spacial score (nSPS) is 12.0. The summed E-state index contributed by atoms with van der Waals surface area (Å²) < 4.78 is 23.1. The van der Waals surface area contributed by atoms with Crippen LogP contribution in [0.4, 0.5) is 0 Å². The van der Waals surface area contributed by atoms with Gasteiger partial charge in [-0.25, -0.2) is 9.78 Å². The van der Waals surface area contributed by atoms with Crippen LogP contribution >= 0.6 is 0 Å². The van der Waals surface area contributed by atoms with Crippen LogP contribution in [-0.2, 0) is 27.5 Å². The Bertz CT molecular complexity index is 1470. The largest absolute Gasteiger partial charge is 0.486 e. The molecule has 1 atom stereocenters. The van der Waals surface area contributed by atoms with Crippen molar-refractivity contribution in [2.24, 2.45) is 0 Å². The van der Waals surface area contributed by atoms with Gasteiger partial charge in [-0.1, -0.05) is 48.5 Å². The molecule has 8 heteroatoms. The maximum Gasteiger partial charge on any atom is 0.328 e. The zero-order chi connectivity index (χ0) is 28.7. The molecule has 1 aromatic heterocycles. The van der Waals surface area contributed by atoms with Crippen molar-refractivity contribution in [1.29, 1.82) is 0 Å². The Morgan fingerprint density at radius 1 is 0.875 bits per heavy atom. The van der Waals surface area contributed by atoms with Gasteiger partial charge in [-0.05, 0) is 63.6 Å². The van der Waals surface area contributed by atoms with Crippen LogP contribution in [0.25, 0.3) is 10.8 Å². The van der Waals surface area contributed by atoms with Gasteiger partial charge in [0.25, 0.3) is 5.91 Å². The molecule has 8 nitrogen and oxygen atoms in total. The van der Waals surface area contributed by atoms with Crippen LogP contribution in [0.5, 0.6) is 17.2 Å². The van der Waals surface area contributed by atoms with Gasteiger partial charge in [0.2, 0.25) is 0 Å². The van der Waals surface area contributed by atoms with Crippen molar-refractivity contribution in [3.8, 4) is 17.2 Å². The number of aromatic nitrogens is 1. The van der Waals surface area contributed by atoms with E-state index in [1.165, 1.54) is 0 Å². The second-order valence-electron chi connectivity index (χ2n) is 10.3. The molecule has 1 N–H and O–H groups in total. The second kappa shape index (κ2) is 12.6. The summed E-state index contributed by atoms with van der Waals surface area (Å²) in [7, 11) is 1.56. The van der Waals surface area contributed by atoms with Crippen molar-refractivity contribution < 1.29 is 28.5 Å². The number of fused-ring (bicyclic) bond motifs is 1. The molecular weight excluding hydrogens is 508 g/mol. The Morgan fingerprint density at radius 2 is 1.55 bits per heavy atom. The van der Waals surface area contributed by atoms with Crippen LogP contribution in [0.2, 0.25) is 0 Å². The first-order valence-electron chi connectivity index (χ1n) is 13.0. The number of pyridine rings is 1. The number of amides is 1. The topological polar surface area (TPSA) is 96.0 Å². The number of nitrogens with zero attached hydrogens (tertiary/aromatic N) is 1. The van der Waals surface area contributed by atoms with Gasteiger partial charge in [-0.15, -0.1) is 0 Å². The second-order valence-corrected chi connectivity index (χ2v) is 10.3. The number of carbonyl (C=O) groups excluding carboxylic acids is 2. The van der Waals surface area contributed by atoms with Crippen molar-refractivity contribution in [3.63, 3.8) is 0 Å². The number of para-hydroxylation sites is 1. The highest BCUT2D eigenvalue weighted by Gasteiger charge is 2.27. The molecule has 0 bridgehead atoms. The van der Waals surface area contributed by atoms with E-state index in [0.717, 1.165) is 10.9 Å². The molecule has 4 aromatic rings. The minimum Gasteiger partial charge on any atom is -0.486 e. The zero-order valence-corrected chi connectivity index (χ0v) is 23.4. The van der Waals surface area contributed by atoms with Gasteiger partial charge >= 0.3 is 5.97 Å². The molecule has 3 aromatic carbocycles. The lowest BCUT2D eigenvalue weighted by atomic mass is 10.1. The molecule has 0 aliphatic carbocycles. The maximum atomic E-state index is 13.5. The average molecular weight is 543 g/mol. The van der Waals surface area contributed by atoms with E-state index in [4.69, 9.17) is 18.9 Å². The van der Waals surface area contributed by atoms with Gasteiger partial charge in [0.05, 0.1) is 12.3 Å². The summed E-state index contributed by atoms with van der Waals surface area (Å²) in [5, 5.41) is 4.09. The first-order valence-corrected chi connectivity index (χ1v) is 13.0. The molecule has 0 fully saturated rings. The standard InChI is InChI=1S/C32H34N2O6/c1-21(31(36)40-32(2,3)4)33-30(35)28-29(38-19-22-12-8-6-9-13-22)25-17-16-24(39-23-14-10-7-11-15-23)18-26(25)27(34-28)20-37-5/h6-18,21H,19-20H2,1-5H3,(H,33,35).